The van der Waals surface area contributed by atoms with Crippen LogP contribution in [-0.4, -0.2) is 9.13 Å². The summed E-state index contributed by atoms with van der Waals surface area (Å²) >= 11 is 0. The molecule has 0 aliphatic heterocycles. The Balaban J connectivity index is 1.07. The molecule has 11 rings (SSSR count). The first-order valence-electron chi connectivity index (χ1n) is 18.4. The molecule has 0 N–H and O–H groups in total. The first kappa shape index (κ1) is 29.4. The Morgan fingerprint density at radius 2 is 1.15 bits per heavy atom. The van der Waals surface area contributed by atoms with E-state index in [1.807, 2.05) is 0 Å². The Morgan fingerprint density at radius 1 is 0.538 bits per heavy atom. The highest BCUT2D eigenvalue weighted by molar-refractivity contribution is 6.12. The lowest BCUT2D eigenvalue weighted by atomic mass is 9.91. The number of aromatic nitrogens is 2. The van der Waals surface area contributed by atoms with E-state index in [9.17, 15) is 0 Å². The molecule has 3 nitrogen and oxygen atoms in total. The Bertz CT molecular complexity index is 3000. The maximum absolute atomic E-state index is 6.23. The Kier molecular flexibility index (Phi) is 6.27. The molecule has 3 heteroatoms. The highest BCUT2D eigenvalue weighted by Gasteiger charge is 2.30. The number of allylic oxidation sites excluding steroid dienone is 5. The smallest absolute Gasteiger partial charge is 0.134 e. The Labute approximate surface area is 302 Å². The van der Waals surface area contributed by atoms with Gasteiger partial charge in [0.25, 0.3) is 0 Å². The van der Waals surface area contributed by atoms with Gasteiger partial charge in [-0.25, -0.2) is 0 Å². The fraction of sp³-hybridized carbons (Fsp3) is 0.102. The number of hydrogen-bond donors (Lipinski definition) is 0. The maximum atomic E-state index is 6.23. The number of fused-ring (bicyclic) bond motifs is 9. The molecule has 2 aliphatic rings. The van der Waals surface area contributed by atoms with Gasteiger partial charge in [-0.3, -0.25) is 0 Å². The van der Waals surface area contributed by atoms with Crippen molar-refractivity contribution in [2.24, 2.45) is 0 Å². The first-order chi connectivity index (χ1) is 25.6. The summed E-state index contributed by atoms with van der Waals surface area (Å²) in [6.07, 6.45) is 14.6. The zero-order valence-corrected chi connectivity index (χ0v) is 29.0. The fourth-order valence-corrected chi connectivity index (χ4v) is 9.03. The van der Waals surface area contributed by atoms with E-state index in [1.54, 1.807) is 0 Å². The SMILES string of the molecule is CC1(n2c3ccccc3c3cc(-c4ccc5oc6c(c5c4)C=CCC6)ccc32)C=C(n2c3ccccc3c3cc(-c4ccccc4)ccc32)C=CC1. The second-order valence-corrected chi connectivity index (χ2v) is 14.7. The molecule has 0 amide bonds. The molecule has 0 radical (unpaired) electrons. The van der Waals surface area contributed by atoms with Gasteiger partial charge in [0, 0.05) is 55.6 Å². The minimum Gasteiger partial charge on any atom is -0.460 e. The van der Waals surface area contributed by atoms with Gasteiger partial charge in [-0.2, -0.15) is 0 Å². The van der Waals surface area contributed by atoms with Crippen LogP contribution in [0.15, 0.2) is 162 Å². The maximum Gasteiger partial charge on any atom is 0.134 e. The van der Waals surface area contributed by atoms with Gasteiger partial charge in [-0.05, 0) is 103 Å². The second kappa shape index (κ2) is 11.1. The first-order valence-corrected chi connectivity index (χ1v) is 18.4. The predicted molar refractivity (Wildman–Crippen MR) is 219 cm³/mol. The molecule has 1 atom stereocenters. The van der Waals surface area contributed by atoms with Crippen molar-refractivity contribution in [1.82, 2.24) is 9.13 Å². The van der Waals surface area contributed by atoms with E-state index >= 15 is 0 Å². The molecule has 248 valence electrons. The van der Waals surface area contributed by atoms with Crippen molar-refractivity contribution in [2.45, 2.75) is 31.7 Å². The predicted octanol–water partition coefficient (Wildman–Crippen LogP) is 13.2. The molecule has 0 saturated carbocycles. The average Bonchev–Trinajstić information content (AvgIpc) is 3.85. The molecular formula is C49H36N2O. The van der Waals surface area contributed by atoms with Gasteiger partial charge in [-0.1, -0.05) is 103 Å². The van der Waals surface area contributed by atoms with E-state index in [1.165, 1.54) is 82.5 Å². The highest BCUT2D eigenvalue weighted by atomic mass is 16.3. The van der Waals surface area contributed by atoms with Gasteiger partial charge in [-0.15, -0.1) is 0 Å². The third-order valence-corrected chi connectivity index (χ3v) is 11.5. The second-order valence-electron chi connectivity index (χ2n) is 14.7. The molecule has 0 bridgehead atoms. The topological polar surface area (TPSA) is 23.0 Å². The Morgan fingerprint density at radius 3 is 1.98 bits per heavy atom. The van der Waals surface area contributed by atoms with Gasteiger partial charge >= 0.3 is 0 Å². The quantitative estimate of drug-likeness (QED) is 0.183. The van der Waals surface area contributed by atoms with Gasteiger partial charge in [0.1, 0.15) is 11.3 Å². The molecule has 1 unspecified atom stereocenters. The number of benzene rings is 6. The average molecular weight is 669 g/mol. The van der Waals surface area contributed by atoms with Crippen molar-refractivity contribution in [1.29, 1.82) is 0 Å². The molecule has 52 heavy (non-hydrogen) atoms. The molecule has 0 spiro atoms. The van der Waals surface area contributed by atoms with Crippen molar-refractivity contribution in [3.8, 4) is 22.3 Å². The minimum absolute atomic E-state index is 0.296. The van der Waals surface area contributed by atoms with Crippen LogP contribution < -0.4 is 0 Å². The van der Waals surface area contributed by atoms with E-state index in [4.69, 9.17) is 4.42 Å². The van der Waals surface area contributed by atoms with Crippen molar-refractivity contribution in [3.05, 3.63) is 169 Å². The third-order valence-electron chi connectivity index (χ3n) is 11.5. The van der Waals surface area contributed by atoms with E-state index in [-0.39, 0.29) is 5.54 Å². The van der Waals surface area contributed by atoms with Crippen molar-refractivity contribution in [2.75, 3.05) is 0 Å². The van der Waals surface area contributed by atoms with Crippen LogP contribution in [0.2, 0.25) is 0 Å². The Hall–Kier alpha value is -6.32. The standard InChI is InChI=1S/C49H36N2O/c1-49(27-11-14-36(31-49)50-43-18-8-5-15-37(43)40-28-33(21-24-44(40)50)32-12-3-2-4-13-32)51-45-19-9-6-16-38(45)41-29-34(22-25-46(41)51)35-23-26-48-42(30-35)39-17-7-10-20-47(39)52-48/h2-9,11-19,21-26,28-31H,10,20,27H2,1H3. The highest BCUT2D eigenvalue weighted by Crippen LogP contribution is 2.43. The van der Waals surface area contributed by atoms with E-state index < -0.39 is 0 Å². The summed E-state index contributed by atoms with van der Waals surface area (Å²) in [7, 11) is 0. The molecular weight excluding hydrogens is 633 g/mol. The zero-order valence-electron chi connectivity index (χ0n) is 29.0. The number of para-hydroxylation sites is 2. The molecule has 0 fully saturated rings. The van der Waals surface area contributed by atoms with E-state index in [2.05, 4.69) is 180 Å². The van der Waals surface area contributed by atoms with E-state index in [0.29, 0.717) is 0 Å². The molecule has 9 aromatic rings. The van der Waals surface area contributed by atoms with Crippen molar-refractivity contribution < 1.29 is 4.42 Å². The summed E-state index contributed by atoms with van der Waals surface area (Å²) in [6, 6.07) is 49.0. The monoisotopic (exact) mass is 668 g/mol. The number of nitrogens with zero attached hydrogens (tertiary/aromatic N) is 2. The molecule has 3 heterocycles. The normalized spacial score (nSPS) is 17.1. The summed E-state index contributed by atoms with van der Waals surface area (Å²) in [4.78, 5) is 0. The lowest BCUT2D eigenvalue weighted by molar-refractivity contribution is 0.438. The number of rotatable bonds is 4. The van der Waals surface area contributed by atoms with Crippen LogP contribution in [0.3, 0.4) is 0 Å². The van der Waals surface area contributed by atoms with Gasteiger partial charge in [0.15, 0.2) is 0 Å². The number of aryl methyl sites for hydroxylation is 1. The van der Waals surface area contributed by atoms with Gasteiger partial charge < -0.3 is 13.6 Å². The summed E-state index contributed by atoms with van der Waals surface area (Å²) < 4.78 is 11.3. The fourth-order valence-electron chi connectivity index (χ4n) is 9.03. The summed E-state index contributed by atoms with van der Waals surface area (Å²) in [5.41, 5.74) is 13.0. The largest absolute Gasteiger partial charge is 0.460 e. The lowest BCUT2D eigenvalue weighted by Crippen LogP contribution is -2.29. The number of hydrogen-bond acceptors (Lipinski definition) is 1. The van der Waals surface area contributed by atoms with Gasteiger partial charge in [0.2, 0.25) is 0 Å². The summed E-state index contributed by atoms with van der Waals surface area (Å²) in [6.45, 7) is 2.39. The van der Waals surface area contributed by atoms with Gasteiger partial charge in [0.05, 0.1) is 16.6 Å². The van der Waals surface area contributed by atoms with Crippen LogP contribution in [0.1, 0.15) is 31.1 Å². The molecule has 6 aromatic carbocycles. The van der Waals surface area contributed by atoms with Crippen LogP contribution >= 0.6 is 0 Å². The summed E-state index contributed by atoms with van der Waals surface area (Å²) in [5.74, 6) is 1.10. The van der Waals surface area contributed by atoms with Crippen LogP contribution in [0.25, 0.3) is 88.6 Å². The van der Waals surface area contributed by atoms with Crippen LogP contribution in [0, 0.1) is 0 Å². The summed E-state index contributed by atoms with van der Waals surface area (Å²) in [5, 5.41) is 6.30. The third kappa shape index (κ3) is 4.32. The number of furan rings is 1. The van der Waals surface area contributed by atoms with Crippen molar-refractivity contribution >= 4 is 66.4 Å². The van der Waals surface area contributed by atoms with Crippen molar-refractivity contribution in [3.63, 3.8) is 0 Å². The minimum atomic E-state index is -0.296. The van der Waals surface area contributed by atoms with Crippen LogP contribution in [0.5, 0.6) is 0 Å². The lowest BCUT2D eigenvalue weighted by Gasteiger charge is -2.33. The zero-order chi connectivity index (χ0) is 34.4. The van der Waals surface area contributed by atoms with Crippen LogP contribution in [0.4, 0.5) is 0 Å². The molecule has 2 aliphatic carbocycles. The van der Waals surface area contributed by atoms with E-state index in [0.717, 1.165) is 30.6 Å². The van der Waals surface area contributed by atoms with Crippen LogP contribution in [-0.2, 0) is 12.0 Å². The molecule has 0 saturated heterocycles. The molecule has 3 aromatic heterocycles.